The fourth-order valence-corrected chi connectivity index (χ4v) is 2.20. The van der Waals surface area contributed by atoms with E-state index in [2.05, 4.69) is 6.92 Å². The number of nitrogens with zero attached hydrogens (tertiary/aromatic N) is 1. The molecule has 0 aromatic rings. The molecule has 0 saturated carbocycles. The molecule has 1 fully saturated rings. The molecule has 0 bridgehead atoms. The minimum Gasteiger partial charge on any atom is -0.785 e. The molecule has 1 aliphatic rings. The first-order valence-corrected chi connectivity index (χ1v) is 7.30. The summed E-state index contributed by atoms with van der Waals surface area (Å²) >= 11 is 0. The van der Waals surface area contributed by atoms with E-state index in [4.69, 9.17) is 4.74 Å². The highest BCUT2D eigenvalue weighted by Crippen LogP contribution is 2.19. The Labute approximate surface area is 110 Å². The second kappa shape index (κ2) is 9.34. The van der Waals surface area contributed by atoms with Crippen LogP contribution in [0.15, 0.2) is 0 Å². The highest BCUT2D eigenvalue weighted by Gasteiger charge is 2.19. The van der Waals surface area contributed by atoms with E-state index in [-0.39, 0.29) is 5.97 Å². The molecule has 18 heavy (non-hydrogen) atoms. The van der Waals surface area contributed by atoms with E-state index < -0.39 is 0 Å². The standard InChI is InChI=1S/C14H26NO3/c1-2-3-4-5-6-10-18-14(16)9-7-8-13-11-15(17)12-13/h13H,2-12H2,1H3/q-1. The summed E-state index contributed by atoms with van der Waals surface area (Å²) in [7, 11) is 0. The summed E-state index contributed by atoms with van der Waals surface area (Å²) in [5, 5.41) is 11.7. The van der Waals surface area contributed by atoms with E-state index in [1.54, 1.807) is 0 Å². The molecule has 4 heteroatoms. The number of hydroxylamine groups is 2. The third-order valence-electron chi connectivity index (χ3n) is 3.43. The van der Waals surface area contributed by atoms with Crippen molar-refractivity contribution in [1.29, 1.82) is 0 Å². The summed E-state index contributed by atoms with van der Waals surface area (Å²) in [5.74, 6) is 0.424. The molecule has 0 aromatic carbocycles. The van der Waals surface area contributed by atoms with Gasteiger partial charge in [-0.1, -0.05) is 32.6 Å². The average molecular weight is 256 g/mol. The second-order valence-electron chi connectivity index (χ2n) is 5.24. The van der Waals surface area contributed by atoms with Crippen LogP contribution in [0.1, 0.15) is 58.3 Å². The first-order chi connectivity index (χ1) is 8.72. The second-order valence-corrected chi connectivity index (χ2v) is 5.24. The van der Waals surface area contributed by atoms with Gasteiger partial charge in [0, 0.05) is 6.42 Å². The van der Waals surface area contributed by atoms with Crippen LogP contribution >= 0.6 is 0 Å². The summed E-state index contributed by atoms with van der Waals surface area (Å²) in [6.07, 6.45) is 8.22. The van der Waals surface area contributed by atoms with Crippen molar-refractivity contribution in [3.05, 3.63) is 5.21 Å². The van der Waals surface area contributed by atoms with Crippen LogP contribution in [0.5, 0.6) is 0 Å². The number of hydrogen-bond donors (Lipinski definition) is 0. The highest BCUT2D eigenvalue weighted by atomic mass is 16.5. The van der Waals surface area contributed by atoms with Crippen molar-refractivity contribution in [3.63, 3.8) is 0 Å². The summed E-state index contributed by atoms with van der Waals surface area (Å²) in [5.41, 5.74) is 0. The van der Waals surface area contributed by atoms with Crippen LogP contribution in [0.4, 0.5) is 0 Å². The van der Waals surface area contributed by atoms with Gasteiger partial charge in [-0.15, -0.1) is 0 Å². The molecule has 1 saturated heterocycles. The fourth-order valence-electron chi connectivity index (χ4n) is 2.20. The number of rotatable bonds is 10. The molecular formula is C14H26NO3-. The lowest BCUT2D eigenvalue weighted by atomic mass is 9.96. The van der Waals surface area contributed by atoms with Crippen molar-refractivity contribution in [2.24, 2.45) is 5.92 Å². The van der Waals surface area contributed by atoms with Gasteiger partial charge in [0.25, 0.3) is 0 Å². The summed E-state index contributed by atoms with van der Waals surface area (Å²) in [6, 6.07) is 0. The Morgan fingerprint density at radius 3 is 2.61 bits per heavy atom. The lowest BCUT2D eigenvalue weighted by molar-refractivity contribution is -0.144. The summed E-state index contributed by atoms with van der Waals surface area (Å²) in [6.45, 7) is 4.05. The van der Waals surface area contributed by atoms with Gasteiger partial charge in [-0.2, -0.15) is 0 Å². The molecule has 106 valence electrons. The minimum atomic E-state index is -0.0798. The normalized spacial score (nSPS) is 16.6. The Balaban J connectivity index is 1.82. The molecular weight excluding hydrogens is 230 g/mol. The quantitative estimate of drug-likeness (QED) is 0.445. The Kier molecular flexibility index (Phi) is 8.01. The predicted molar refractivity (Wildman–Crippen MR) is 72.0 cm³/mol. The zero-order valence-electron chi connectivity index (χ0n) is 11.5. The van der Waals surface area contributed by atoms with Gasteiger partial charge in [0.05, 0.1) is 6.61 Å². The molecule has 4 nitrogen and oxygen atoms in total. The molecule has 0 spiro atoms. The van der Waals surface area contributed by atoms with Crippen molar-refractivity contribution in [2.45, 2.75) is 58.3 Å². The van der Waals surface area contributed by atoms with Crippen LogP contribution in [0.3, 0.4) is 0 Å². The van der Waals surface area contributed by atoms with Crippen LogP contribution < -0.4 is 0 Å². The van der Waals surface area contributed by atoms with Crippen LogP contribution in [-0.4, -0.2) is 30.7 Å². The van der Waals surface area contributed by atoms with Gasteiger partial charge in [-0.3, -0.25) is 4.79 Å². The topological polar surface area (TPSA) is 52.6 Å². The maximum atomic E-state index is 11.4. The van der Waals surface area contributed by atoms with Crippen molar-refractivity contribution in [1.82, 2.24) is 5.06 Å². The van der Waals surface area contributed by atoms with Gasteiger partial charge in [0.2, 0.25) is 0 Å². The average Bonchev–Trinajstić information content (AvgIpc) is 2.31. The maximum absolute atomic E-state index is 11.4. The molecule has 0 radical (unpaired) electrons. The number of unbranched alkanes of at least 4 members (excludes halogenated alkanes) is 4. The number of carbonyl (C=O) groups is 1. The number of esters is 1. The van der Waals surface area contributed by atoms with Crippen LogP contribution in [0.2, 0.25) is 0 Å². The van der Waals surface area contributed by atoms with Gasteiger partial charge in [-0.25, -0.2) is 0 Å². The first kappa shape index (κ1) is 15.4. The minimum absolute atomic E-state index is 0.0798. The van der Waals surface area contributed by atoms with Crippen molar-refractivity contribution < 1.29 is 9.53 Å². The Bertz CT molecular complexity index is 227. The van der Waals surface area contributed by atoms with E-state index >= 15 is 0 Å². The summed E-state index contributed by atoms with van der Waals surface area (Å²) in [4.78, 5) is 11.4. The van der Waals surface area contributed by atoms with E-state index in [1.165, 1.54) is 19.3 Å². The van der Waals surface area contributed by atoms with Crippen molar-refractivity contribution in [3.8, 4) is 0 Å². The maximum Gasteiger partial charge on any atom is 0.305 e. The number of carbonyl (C=O) groups excluding carboxylic acids is 1. The van der Waals surface area contributed by atoms with Gasteiger partial charge < -0.3 is 15.0 Å². The van der Waals surface area contributed by atoms with Crippen LogP contribution in [0, 0.1) is 11.1 Å². The third kappa shape index (κ3) is 6.97. The molecule has 0 atom stereocenters. The molecule has 0 aliphatic carbocycles. The Hall–Kier alpha value is -0.610. The number of ether oxygens (including phenoxy) is 1. The molecule has 0 amide bonds. The SMILES string of the molecule is CCCCCCCOC(=O)CCCC1CN([O-])C1. The molecule has 1 aliphatic heterocycles. The predicted octanol–water partition coefficient (Wildman–Crippen LogP) is 3.10. The van der Waals surface area contributed by atoms with E-state index in [0.29, 0.717) is 32.0 Å². The molecule has 0 aromatic heterocycles. The van der Waals surface area contributed by atoms with Gasteiger partial charge in [0.15, 0.2) is 0 Å². The third-order valence-corrected chi connectivity index (χ3v) is 3.43. The summed E-state index contributed by atoms with van der Waals surface area (Å²) < 4.78 is 5.17. The van der Waals surface area contributed by atoms with E-state index in [1.807, 2.05) is 0 Å². The van der Waals surface area contributed by atoms with Gasteiger partial charge >= 0.3 is 5.97 Å². The van der Waals surface area contributed by atoms with Crippen LogP contribution in [-0.2, 0) is 9.53 Å². The fraction of sp³-hybridized carbons (Fsp3) is 0.929. The first-order valence-electron chi connectivity index (χ1n) is 7.30. The largest absolute Gasteiger partial charge is 0.785 e. The monoisotopic (exact) mass is 256 g/mol. The van der Waals surface area contributed by atoms with Gasteiger partial charge in [0.1, 0.15) is 0 Å². The lowest BCUT2D eigenvalue weighted by Gasteiger charge is -2.44. The van der Waals surface area contributed by atoms with Gasteiger partial charge in [-0.05, 0) is 38.3 Å². The molecule has 1 heterocycles. The Morgan fingerprint density at radius 2 is 1.94 bits per heavy atom. The lowest BCUT2D eigenvalue weighted by Crippen LogP contribution is -2.42. The zero-order valence-corrected chi connectivity index (χ0v) is 11.5. The van der Waals surface area contributed by atoms with E-state index in [0.717, 1.165) is 30.7 Å². The van der Waals surface area contributed by atoms with Crippen molar-refractivity contribution >= 4 is 5.97 Å². The van der Waals surface area contributed by atoms with Crippen molar-refractivity contribution in [2.75, 3.05) is 19.7 Å². The molecule has 1 rings (SSSR count). The highest BCUT2D eigenvalue weighted by molar-refractivity contribution is 5.69. The smallest absolute Gasteiger partial charge is 0.305 e. The molecule has 0 N–H and O–H groups in total. The molecule has 0 unspecified atom stereocenters. The zero-order chi connectivity index (χ0) is 13.2. The Morgan fingerprint density at radius 1 is 1.22 bits per heavy atom. The van der Waals surface area contributed by atoms with Crippen LogP contribution in [0.25, 0.3) is 0 Å². The number of hydrogen-bond acceptors (Lipinski definition) is 4. The van der Waals surface area contributed by atoms with E-state index in [9.17, 15) is 10.0 Å².